The second kappa shape index (κ2) is 6.26. The number of aliphatic carboxylic acids is 1. The molecule has 0 saturated carbocycles. The average molecular weight is 268 g/mol. The molecule has 1 unspecified atom stereocenters. The van der Waals surface area contributed by atoms with Gasteiger partial charge in [0.2, 0.25) is 0 Å². The minimum atomic E-state index is -3.84. The fourth-order valence-corrected chi connectivity index (χ4v) is 2.76. The lowest BCUT2D eigenvalue weighted by Gasteiger charge is -2.27. The van der Waals surface area contributed by atoms with Crippen molar-refractivity contribution in [2.24, 2.45) is 0 Å². The van der Waals surface area contributed by atoms with Gasteiger partial charge in [0.25, 0.3) is 10.2 Å². The third-order valence-corrected chi connectivity index (χ3v) is 3.94. The first-order valence-corrected chi connectivity index (χ1v) is 6.60. The fourth-order valence-electron chi connectivity index (χ4n) is 1.40. The minimum Gasteiger partial charge on any atom is -0.480 e. The molecule has 0 aromatic rings. The molecule has 3 N–H and O–H groups in total. The molecule has 1 fully saturated rings. The van der Waals surface area contributed by atoms with Crippen molar-refractivity contribution in [1.29, 1.82) is 0 Å². The predicted molar refractivity (Wildman–Crippen MR) is 57.6 cm³/mol. The Labute approximate surface area is 99.4 Å². The summed E-state index contributed by atoms with van der Waals surface area (Å²) in [4.78, 5) is 10.8. The number of nitrogens with zero attached hydrogens (tertiary/aromatic N) is 1. The van der Waals surface area contributed by atoms with Crippen molar-refractivity contribution in [2.45, 2.75) is 12.5 Å². The van der Waals surface area contributed by atoms with E-state index >= 15 is 0 Å². The molecule has 0 aliphatic carbocycles. The van der Waals surface area contributed by atoms with Gasteiger partial charge >= 0.3 is 5.97 Å². The molecule has 1 atom stereocenters. The molecule has 1 heterocycles. The third kappa shape index (κ3) is 4.21. The number of carboxylic acid groups (broad SMARTS) is 1. The van der Waals surface area contributed by atoms with Gasteiger partial charge in [0.15, 0.2) is 0 Å². The van der Waals surface area contributed by atoms with Crippen LogP contribution in [0.15, 0.2) is 0 Å². The molecular formula is C8H16N2O6S. The van der Waals surface area contributed by atoms with Crippen LogP contribution in [-0.4, -0.2) is 67.9 Å². The molecule has 1 saturated heterocycles. The minimum absolute atomic E-state index is 0.168. The Balaban J connectivity index is 2.65. The molecule has 0 bridgehead atoms. The van der Waals surface area contributed by atoms with Crippen LogP contribution in [0.1, 0.15) is 6.42 Å². The van der Waals surface area contributed by atoms with E-state index in [1.807, 2.05) is 4.72 Å². The molecule has 0 aromatic carbocycles. The maximum atomic E-state index is 11.8. The Morgan fingerprint density at radius 2 is 2.00 bits per heavy atom. The van der Waals surface area contributed by atoms with Crippen LogP contribution in [0.25, 0.3) is 0 Å². The zero-order chi connectivity index (χ0) is 12.9. The van der Waals surface area contributed by atoms with E-state index in [1.54, 1.807) is 0 Å². The van der Waals surface area contributed by atoms with Gasteiger partial charge in [-0.25, -0.2) is 0 Å². The SMILES string of the molecule is O=C(O)C(CCO)NS(=O)(=O)N1CCOCC1. The quantitative estimate of drug-likeness (QED) is 0.512. The number of carbonyl (C=O) groups is 1. The monoisotopic (exact) mass is 268 g/mol. The maximum Gasteiger partial charge on any atom is 0.321 e. The van der Waals surface area contributed by atoms with Gasteiger partial charge in [-0.05, 0) is 6.42 Å². The molecule has 0 spiro atoms. The summed E-state index contributed by atoms with van der Waals surface area (Å²) in [5.41, 5.74) is 0. The predicted octanol–water partition coefficient (Wildman–Crippen LogP) is -2.01. The van der Waals surface area contributed by atoms with Crippen molar-refractivity contribution in [2.75, 3.05) is 32.9 Å². The number of rotatable bonds is 6. The van der Waals surface area contributed by atoms with Crippen molar-refractivity contribution in [3.63, 3.8) is 0 Å². The maximum absolute atomic E-state index is 11.8. The zero-order valence-corrected chi connectivity index (χ0v) is 10.0. The van der Waals surface area contributed by atoms with Crippen LogP contribution in [0.4, 0.5) is 0 Å². The van der Waals surface area contributed by atoms with Crippen LogP contribution in [0.5, 0.6) is 0 Å². The Morgan fingerprint density at radius 1 is 1.41 bits per heavy atom. The molecule has 0 radical (unpaired) electrons. The lowest BCUT2D eigenvalue weighted by Crippen LogP contribution is -2.51. The van der Waals surface area contributed by atoms with Crippen LogP contribution in [0.3, 0.4) is 0 Å². The molecule has 1 aliphatic heterocycles. The first-order valence-electron chi connectivity index (χ1n) is 5.16. The molecule has 17 heavy (non-hydrogen) atoms. The number of nitrogens with one attached hydrogen (secondary N) is 1. The van der Waals surface area contributed by atoms with Crippen molar-refractivity contribution in [1.82, 2.24) is 9.03 Å². The Kier molecular flexibility index (Phi) is 5.28. The van der Waals surface area contributed by atoms with Gasteiger partial charge in [0.05, 0.1) is 13.2 Å². The topological polar surface area (TPSA) is 116 Å². The van der Waals surface area contributed by atoms with Crippen LogP contribution >= 0.6 is 0 Å². The van der Waals surface area contributed by atoms with Crippen LogP contribution in [-0.2, 0) is 19.7 Å². The Hall–Kier alpha value is -0.740. The summed E-state index contributed by atoms with van der Waals surface area (Å²) in [6.45, 7) is 0.571. The number of hydrogen-bond donors (Lipinski definition) is 3. The lowest BCUT2D eigenvalue weighted by atomic mass is 10.2. The van der Waals surface area contributed by atoms with Crippen molar-refractivity contribution < 1.29 is 28.2 Å². The lowest BCUT2D eigenvalue weighted by molar-refractivity contribution is -0.139. The van der Waals surface area contributed by atoms with E-state index in [0.29, 0.717) is 13.2 Å². The molecule has 1 aliphatic rings. The van der Waals surface area contributed by atoms with Crippen molar-refractivity contribution in [3.8, 4) is 0 Å². The van der Waals surface area contributed by atoms with Gasteiger partial charge < -0.3 is 14.9 Å². The Morgan fingerprint density at radius 3 is 2.47 bits per heavy atom. The largest absolute Gasteiger partial charge is 0.480 e. The van der Waals surface area contributed by atoms with Crippen molar-refractivity contribution in [3.05, 3.63) is 0 Å². The summed E-state index contributed by atoms with van der Waals surface area (Å²) >= 11 is 0. The molecule has 9 heteroatoms. The van der Waals surface area contributed by atoms with E-state index in [-0.39, 0.29) is 19.5 Å². The normalized spacial score (nSPS) is 20.1. The molecule has 0 amide bonds. The highest BCUT2D eigenvalue weighted by Gasteiger charge is 2.29. The summed E-state index contributed by atoms with van der Waals surface area (Å²) in [7, 11) is -3.84. The highest BCUT2D eigenvalue weighted by molar-refractivity contribution is 7.87. The summed E-state index contributed by atoms with van der Waals surface area (Å²) in [5, 5.41) is 17.4. The van der Waals surface area contributed by atoms with Crippen LogP contribution in [0, 0.1) is 0 Å². The molecule has 0 aromatic heterocycles. The highest BCUT2D eigenvalue weighted by atomic mass is 32.2. The molecular weight excluding hydrogens is 252 g/mol. The standard InChI is InChI=1S/C8H16N2O6S/c11-4-1-7(8(12)13)9-17(14,15)10-2-5-16-6-3-10/h7,9,11H,1-6H2,(H,12,13). The van der Waals surface area contributed by atoms with Crippen LogP contribution in [0.2, 0.25) is 0 Å². The van der Waals surface area contributed by atoms with Crippen LogP contribution < -0.4 is 4.72 Å². The third-order valence-electron chi connectivity index (χ3n) is 2.32. The second-order valence-corrected chi connectivity index (χ2v) is 5.24. The molecule has 100 valence electrons. The van der Waals surface area contributed by atoms with E-state index in [4.69, 9.17) is 14.9 Å². The number of morpholine rings is 1. The number of aliphatic hydroxyl groups excluding tert-OH is 1. The zero-order valence-electron chi connectivity index (χ0n) is 9.20. The number of hydrogen-bond acceptors (Lipinski definition) is 5. The number of ether oxygens (including phenoxy) is 1. The van der Waals surface area contributed by atoms with E-state index < -0.39 is 28.8 Å². The second-order valence-electron chi connectivity index (χ2n) is 3.54. The first-order chi connectivity index (χ1) is 7.97. The van der Waals surface area contributed by atoms with Gasteiger partial charge in [-0.1, -0.05) is 0 Å². The summed E-state index contributed by atoms with van der Waals surface area (Å²) in [6.07, 6.45) is -0.168. The van der Waals surface area contributed by atoms with Gasteiger partial charge in [0, 0.05) is 19.7 Å². The summed E-state index contributed by atoms with van der Waals surface area (Å²) < 4.78 is 31.8. The van der Waals surface area contributed by atoms with E-state index in [9.17, 15) is 13.2 Å². The smallest absolute Gasteiger partial charge is 0.321 e. The average Bonchev–Trinajstić information content (AvgIpc) is 2.29. The van der Waals surface area contributed by atoms with Crippen molar-refractivity contribution >= 4 is 16.2 Å². The number of carboxylic acids is 1. The molecule has 8 nitrogen and oxygen atoms in total. The van der Waals surface area contributed by atoms with Gasteiger partial charge in [0.1, 0.15) is 6.04 Å². The summed E-state index contributed by atoms with van der Waals surface area (Å²) in [6, 6.07) is -1.31. The van der Waals surface area contributed by atoms with Gasteiger partial charge in [-0.15, -0.1) is 0 Å². The van der Waals surface area contributed by atoms with Gasteiger partial charge in [-0.3, -0.25) is 4.79 Å². The van der Waals surface area contributed by atoms with E-state index in [2.05, 4.69) is 0 Å². The van der Waals surface area contributed by atoms with Gasteiger partial charge in [-0.2, -0.15) is 17.4 Å². The first kappa shape index (κ1) is 14.3. The molecule has 1 rings (SSSR count). The summed E-state index contributed by atoms with van der Waals surface area (Å²) in [5.74, 6) is -1.31. The van der Waals surface area contributed by atoms with E-state index in [0.717, 1.165) is 4.31 Å². The fraction of sp³-hybridized carbons (Fsp3) is 0.875. The number of aliphatic hydroxyl groups is 1. The Bertz CT molecular complexity index is 351. The van der Waals surface area contributed by atoms with E-state index in [1.165, 1.54) is 0 Å². The highest BCUT2D eigenvalue weighted by Crippen LogP contribution is 2.05.